The van der Waals surface area contributed by atoms with Crippen LogP contribution in [0.4, 0.5) is 4.39 Å². The number of nitrogens with zero attached hydrogens (tertiary/aromatic N) is 4. The van der Waals surface area contributed by atoms with Crippen molar-refractivity contribution in [2.75, 3.05) is 20.2 Å². The number of piperidine rings is 1. The molecule has 1 aromatic carbocycles. The number of ether oxygens (including phenoxy) is 1. The molecule has 1 atom stereocenters. The van der Waals surface area contributed by atoms with Crippen molar-refractivity contribution in [1.82, 2.24) is 19.9 Å². The lowest BCUT2D eigenvalue weighted by Gasteiger charge is -2.32. The van der Waals surface area contributed by atoms with Crippen LogP contribution in [0.1, 0.15) is 18.4 Å². The zero-order valence-corrected chi connectivity index (χ0v) is 12.8. The normalized spacial score (nSPS) is 19.3. The number of hydrogen-bond donors (Lipinski definition) is 0. The smallest absolute Gasteiger partial charge is 0.169 e. The van der Waals surface area contributed by atoms with Crippen LogP contribution in [0.15, 0.2) is 30.6 Å². The number of halogens is 1. The van der Waals surface area contributed by atoms with Crippen LogP contribution in [-0.4, -0.2) is 40.1 Å². The van der Waals surface area contributed by atoms with Crippen LogP contribution in [0, 0.1) is 11.7 Å². The summed E-state index contributed by atoms with van der Waals surface area (Å²) in [6.45, 7) is 3.45. The molecule has 1 aromatic heterocycles. The van der Waals surface area contributed by atoms with E-state index in [0.29, 0.717) is 23.8 Å². The Balaban J connectivity index is 1.63. The molecule has 22 heavy (non-hydrogen) atoms. The van der Waals surface area contributed by atoms with E-state index in [1.165, 1.54) is 13.5 Å². The second-order valence-corrected chi connectivity index (χ2v) is 5.80. The Morgan fingerprint density at radius 2 is 2.32 bits per heavy atom. The highest BCUT2D eigenvalue weighted by Gasteiger charge is 2.22. The molecule has 6 heteroatoms. The number of likely N-dealkylation sites (tertiary alicyclic amines) is 1. The molecule has 0 radical (unpaired) electrons. The third-order valence-corrected chi connectivity index (χ3v) is 4.18. The van der Waals surface area contributed by atoms with E-state index in [2.05, 4.69) is 15.2 Å². The zero-order chi connectivity index (χ0) is 15.4. The van der Waals surface area contributed by atoms with E-state index in [1.807, 2.05) is 23.0 Å². The Labute approximate surface area is 129 Å². The number of aromatic nitrogens is 3. The Morgan fingerprint density at radius 1 is 1.41 bits per heavy atom. The molecule has 5 nitrogen and oxygen atoms in total. The van der Waals surface area contributed by atoms with Crippen molar-refractivity contribution in [3.8, 4) is 5.75 Å². The maximum atomic E-state index is 14.3. The second kappa shape index (κ2) is 6.87. The quantitative estimate of drug-likeness (QED) is 0.850. The maximum Gasteiger partial charge on any atom is 0.169 e. The molecule has 1 saturated heterocycles. The lowest BCUT2D eigenvalue weighted by Crippen LogP contribution is -2.36. The number of benzene rings is 1. The van der Waals surface area contributed by atoms with Gasteiger partial charge >= 0.3 is 0 Å². The van der Waals surface area contributed by atoms with Crippen LogP contribution in [0.3, 0.4) is 0 Å². The summed E-state index contributed by atoms with van der Waals surface area (Å²) in [4.78, 5) is 2.31. The fourth-order valence-corrected chi connectivity index (χ4v) is 3.12. The first kappa shape index (κ1) is 15.0. The third-order valence-electron chi connectivity index (χ3n) is 4.18. The fraction of sp³-hybridized carbons (Fsp3) is 0.500. The standard InChI is InChI=1S/C16H21FN4O/c1-22-15-6-2-5-14(16(15)17)12-20-8-3-4-13(10-20)11-21-9-7-18-19-21/h2,5-7,9,13H,3-4,8,10-12H2,1H3/t13-/m0/s1. The van der Waals surface area contributed by atoms with Gasteiger partial charge in [0.05, 0.1) is 13.3 Å². The molecule has 0 amide bonds. The highest BCUT2D eigenvalue weighted by atomic mass is 19.1. The van der Waals surface area contributed by atoms with Crippen molar-refractivity contribution in [2.24, 2.45) is 5.92 Å². The summed E-state index contributed by atoms with van der Waals surface area (Å²) in [6, 6.07) is 5.33. The minimum atomic E-state index is -0.247. The third kappa shape index (κ3) is 3.44. The van der Waals surface area contributed by atoms with Gasteiger partial charge in [-0.3, -0.25) is 9.58 Å². The van der Waals surface area contributed by atoms with Crippen molar-refractivity contribution < 1.29 is 9.13 Å². The number of rotatable bonds is 5. The highest BCUT2D eigenvalue weighted by molar-refractivity contribution is 5.31. The fourth-order valence-electron chi connectivity index (χ4n) is 3.12. The van der Waals surface area contributed by atoms with Gasteiger partial charge in [-0.05, 0) is 31.4 Å². The minimum Gasteiger partial charge on any atom is -0.494 e. The molecule has 0 spiro atoms. The molecule has 0 bridgehead atoms. The van der Waals surface area contributed by atoms with Gasteiger partial charge in [-0.25, -0.2) is 4.39 Å². The summed E-state index contributed by atoms with van der Waals surface area (Å²) < 4.78 is 21.2. The zero-order valence-electron chi connectivity index (χ0n) is 12.8. The Morgan fingerprint density at radius 3 is 3.09 bits per heavy atom. The first-order valence-corrected chi connectivity index (χ1v) is 7.64. The second-order valence-electron chi connectivity index (χ2n) is 5.80. The predicted molar refractivity (Wildman–Crippen MR) is 81.0 cm³/mol. The molecular weight excluding hydrogens is 283 g/mol. The van der Waals surface area contributed by atoms with E-state index in [0.717, 1.165) is 26.1 Å². The van der Waals surface area contributed by atoms with E-state index in [-0.39, 0.29) is 5.82 Å². The predicted octanol–water partition coefficient (Wildman–Crippen LogP) is 2.34. The summed E-state index contributed by atoms with van der Waals surface area (Å²) in [5, 5.41) is 7.87. The summed E-state index contributed by atoms with van der Waals surface area (Å²) in [5.74, 6) is 0.598. The summed E-state index contributed by atoms with van der Waals surface area (Å²) >= 11 is 0. The molecule has 1 aliphatic heterocycles. The van der Waals surface area contributed by atoms with Gasteiger partial charge in [0, 0.05) is 31.4 Å². The first-order valence-electron chi connectivity index (χ1n) is 7.64. The van der Waals surface area contributed by atoms with Gasteiger partial charge in [-0.1, -0.05) is 17.3 Å². The molecule has 1 aliphatic rings. The number of methoxy groups -OCH3 is 1. The molecule has 2 heterocycles. The van der Waals surface area contributed by atoms with Crippen LogP contribution in [0.25, 0.3) is 0 Å². The van der Waals surface area contributed by atoms with E-state index in [4.69, 9.17) is 4.74 Å². The number of hydrogen-bond acceptors (Lipinski definition) is 4. The molecule has 3 rings (SSSR count). The molecule has 2 aromatic rings. The first-order chi connectivity index (χ1) is 10.8. The summed E-state index contributed by atoms with van der Waals surface area (Å²) in [7, 11) is 1.50. The molecule has 0 N–H and O–H groups in total. The Bertz CT molecular complexity index is 602. The monoisotopic (exact) mass is 304 g/mol. The largest absolute Gasteiger partial charge is 0.494 e. The van der Waals surface area contributed by atoms with Crippen molar-refractivity contribution in [3.63, 3.8) is 0 Å². The molecular formula is C16H21FN4O. The van der Waals surface area contributed by atoms with Crippen molar-refractivity contribution in [2.45, 2.75) is 25.9 Å². The SMILES string of the molecule is COc1cccc(CN2CCC[C@H](Cn3ccnn3)C2)c1F. The van der Waals surface area contributed by atoms with Crippen LogP contribution in [-0.2, 0) is 13.1 Å². The average Bonchev–Trinajstić information content (AvgIpc) is 3.03. The van der Waals surface area contributed by atoms with Gasteiger partial charge in [0.15, 0.2) is 11.6 Å². The van der Waals surface area contributed by atoms with Crippen LogP contribution >= 0.6 is 0 Å². The van der Waals surface area contributed by atoms with Gasteiger partial charge in [-0.15, -0.1) is 5.10 Å². The van der Waals surface area contributed by atoms with Gasteiger partial charge in [0.2, 0.25) is 0 Å². The van der Waals surface area contributed by atoms with Gasteiger partial charge in [0.25, 0.3) is 0 Å². The van der Waals surface area contributed by atoms with E-state index in [1.54, 1.807) is 12.3 Å². The summed E-state index contributed by atoms with van der Waals surface area (Å²) in [6.07, 6.45) is 5.90. The van der Waals surface area contributed by atoms with E-state index in [9.17, 15) is 4.39 Å². The minimum absolute atomic E-state index is 0.247. The van der Waals surface area contributed by atoms with Crippen molar-refractivity contribution >= 4 is 0 Å². The lowest BCUT2D eigenvalue weighted by molar-refractivity contribution is 0.151. The Kier molecular flexibility index (Phi) is 4.68. The van der Waals surface area contributed by atoms with Crippen LogP contribution in [0.2, 0.25) is 0 Å². The van der Waals surface area contributed by atoms with E-state index < -0.39 is 0 Å². The Hall–Kier alpha value is -1.95. The van der Waals surface area contributed by atoms with Crippen molar-refractivity contribution in [3.05, 3.63) is 42.0 Å². The molecule has 118 valence electrons. The van der Waals surface area contributed by atoms with Crippen molar-refractivity contribution in [1.29, 1.82) is 0 Å². The van der Waals surface area contributed by atoms with Crippen LogP contribution < -0.4 is 4.74 Å². The highest BCUT2D eigenvalue weighted by Crippen LogP contribution is 2.24. The van der Waals surface area contributed by atoms with Gasteiger partial charge in [0.1, 0.15) is 0 Å². The lowest BCUT2D eigenvalue weighted by atomic mass is 9.97. The average molecular weight is 304 g/mol. The molecule has 0 saturated carbocycles. The van der Waals surface area contributed by atoms with Gasteiger partial charge in [-0.2, -0.15) is 0 Å². The van der Waals surface area contributed by atoms with Gasteiger partial charge < -0.3 is 4.74 Å². The topological polar surface area (TPSA) is 43.2 Å². The molecule has 0 aliphatic carbocycles. The maximum absolute atomic E-state index is 14.3. The van der Waals surface area contributed by atoms with Crippen LogP contribution in [0.5, 0.6) is 5.75 Å². The molecule has 0 unspecified atom stereocenters. The summed E-state index contributed by atoms with van der Waals surface area (Å²) in [5.41, 5.74) is 0.695. The molecule has 1 fully saturated rings. The van der Waals surface area contributed by atoms with E-state index >= 15 is 0 Å².